The molecule has 0 amide bonds. The van der Waals surface area contributed by atoms with Crippen LogP contribution in [0.1, 0.15) is 18.1 Å². The Kier molecular flexibility index (Phi) is 3.42. The van der Waals surface area contributed by atoms with Crippen LogP contribution in [-0.4, -0.2) is 6.04 Å². The second-order valence-electron chi connectivity index (χ2n) is 4.96. The number of alkyl halides is 1. The van der Waals surface area contributed by atoms with Gasteiger partial charge in [0.25, 0.3) is 0 Å². The standard InChI is InChI=1S/C16H15Cl2N/c1-11-8-12-4-2-3-5-16(12)19(11)14-7-6-13(10-17)15(18)9-14/h2-7,9,11H,8,10H2,1H3. The number of nitrogens with zero attached hydrogens (tertiary/aromatic N) is 1. The molecule has 3 rings (SSSR count). The van der Waals surface area contributed by atoms with E-state index in [4.69, 9.17) is 23.2 Å². The predicted octanol–water partition coefficient (Wildman–Crippen LogP) is 5.16. The molecule has 2 aromatic rings. The summed E-state index contributed by atoms with van der Waals surface area (Å²) >= 11 is 12.1. The van der Waals surface area contributed by atoms with Crippen molar-refractivity contribution in [2.24, 2.45) is 0 Å². The van der Waals surface area contributed by atoms with E-state index in [0.717, 1.165) is 22.7 Å². The predicted molar refractivity (Wildman–Crippen MR) is 82.8 cm³/mol. The smallest absolute Gasteiger partial charge is 0.0488 e. The van der Waals surface area contributed by atoms with Crippen molar-refractivity contribution in [2.45, 2.75) is 25.3 Å². The van der Waals surface area contributed by atoms with Crippen molar-refractivity contribution >= 4 is 34.6 Å². The third kappa shape index (κ3) is 2.22. The normalized spacial score (nSPS) is 17.6. The molecule has 1 aliphatic heterocycles. The molecule has 0 bridgehead atoms. The van der Waals surface area contributed by atoms with Gasteiger partial charge in [-0.15, -0.1) is 11.6 Å². The third-order valence-electron chi connectivity index (χ3n) is 3.67. The Labute approximate surface area is 123 Å². The average molecular weight is 292 g/mol. The Bertz CT molecular complexity index is 609. The minimum Gasteiger partial charge on any atom is -0.338 e. The first-order chi connectivity index (χ1) is 9.20. The summed E-state index contributed by atoms with van der Waals surface area (Å²) in [6.07, 6.45) is 1.07. The fraction of sp³-hybridized carbons (Fsp3) is 0.250. The molecule has 1 aliphatic rings. The van der Waals surface area contributed by atoms with Gasteiger partial charge < -0.3 is 4.90 Å². The second-order valence-corrected chi connectivity index (χ2v) is 5.64. The average Bonchev–Trinajstić information content (AvgIpc) is 2.74. The molecule has 0 saturated carbocycles. The molecule has 3 heteroatoms. The van der Waals surface area contributed by atoms with Crippen LogP contribution in [0.3, 0.4) is 0 Å². The molecule has 98 valence electrons. The molecule has 1 nitrogen and oxygen atoms in total. The molecular weight excluding hydrogens is 277 g/mol. The van der Waals surface area contributed by atoms with E-state index in [2.05, 4.69) is 42.2 Å². The topological polar surface area (TPSA) is 3.24 Å². The minimum atomic E-state index is 0.450. The molecule has 0 N–H and O–H groups in total. The van der Waals surface area contributed by atoms with Gasteiger partial charge in [-0.25, -0.2) is 0 Å². The van der Waals surface area contributed by atoms with Gasteiger partial charge in [0, 0.05) is 28.3 Å². The molecule has 0 aromatic heterocycles. The number of para-hydroxylation sites is 1. The zero-order valence-electron chi connectivity index (χ0n) is 10.7. The van der Waals surface area contributed by atoms with E-state index in [1.165, 1.54) is 11.3 Å². The summed E-state index contributed by atoms with van der Waals surface area (Å²) in [5.74, 6) is 0.450. The van der Waals surface area contributed by atoms with E-state index < -0.39 is 0 Å². The number of benzene rings is 2. The Hall–Kier alpha value is -1.18. The van der Waals surface area contributed by atoms with Gasteiger partial charge in [0.15, 0.2) is 0 Å². The van der Waals surface area contributed by atoms with Gasteiger partial charge in [0.05, 0.1) is 0 Å². The first-order valence-electron chi connectivity index (χ1n) is 6.42. The van der Waals surface area contributed by atoms with Gasteiger partial charge in [0.1, 0.15) is 0 Å². The van der Waals surface area contributed by atoms with Crippen molar-refractivity contribution < 1.29 is 0 Å². The molecule has 0 fully saturated rings. The van der Waals surface area contributed by atoms with Crippen LogP contribution in [0.5, 0.6) is 0 Å². The van der Waals surface area contributed by atoms with Crippen molar-refractivity contribution in [3.63, 3.8) is 0 Å². The van der Waals surface area contributed by atoms with Crippen molar-refractivity contribution in [3.8, 4) is 0 Å². The number of anilines is 2. The van der Waals surface area contributed by atoms with E-state index in [1.54, 1.807) is 0 Å². The molecular formula is C16H15Cl2N. The van der Waals surface area contributed by atoms with Crippen LogP contribution in [-0.2, 0) is 12.3 Å². The van der Waals surface area contributed by atoms with Crippen molar-refractivity contribution in [3.05, 3.63) is 58.6 Å². The molecule has 0 aliphatic carbocycles. The van der Waals surface area contributed by atoms with Crippen molar-refractivity contribution in [1.29, 1.82) is 0 Å². The van der Waals surface area contributed by atoms with Gasteiger partial charge in [-0.1, -0.05) is 35.9 Å². The Balaban J connectivity index is 2.05. The van der Waals surface area contributed by atoms with E-state index in [1.807, 2.05) is 12.1 Å². The molecule has 1 heterocycles. The van der Waals surface area contributed by atoms with Gasteiger partial charge in [-0.05, 0) is 42.7 Å². The maximum atomic E-state index is 6.27. The lowest BCUT2D eigenvalue weighted by Crippen LogP contribution is -2.23. The van der Waals surface area contributed by atoms with Crippen LogP contribution in [0.2, 0.25) is 5.02 Å². The Morgan fingerprint density at radius 3 is 2.74 bits per heavy atom. The van der Waals surface area contributed by atoms with E-state index >= 15 is 0 Å². The minimum absolute atomic E-state index is 0.450. The highest BCUT2D eigenvalue weighted by Crippen LogP contribution is 2.39. The van der Waals surface area contributed by atoms with E-state index in [-0.39, 0.29) is 0 Å². The van der Waals surface area contributed by atoms with Crippen molar-refractivity contribution in [1.82, 2.24) is 0 Å². The number of fused-ring (bicyclic) bond motifs is 1. The van der Waals surface area contributed by atoms with Gasteiger partial charge in [-0.3, -0.25) is 0 Å². The zero-order chi connectivity index (χ0) is 13.4. The second kappa shape index (κ2) is 5.07. The van der Waals surface area contributed by atoms with Crippen molar-refractivity contribution in [2.75, 3.05) is 4.90 Å². The lowest BCUT2D eigenvalue weighted by Gasteiger charge is -2.25. The number of hydrogen-bond donors (Lipinski definition) is 0. The SMILES string of the molecule is CC1Cc2ccccc2N1c1ccc(CCl)c(Cl)c1. The van der Waals surface area contributed by atoms with Crippen LogP contribution < -0.4 is 4.90 Å². The summed E-state index contributed by atoms with van der Waals surface area (Å²) in [6.45, 7) is 2.24. The van der Waals surface area contributed by atoms with Crippen LogP contribution in [0.4, 0.5) is 11.4 Å². The molecule has 1 unspecified atom stereocenters. The summed E-state index contributed by atoms with van der Waals surface area (Å²) in [5, 5.41) is 0.740. The zero-order valence-corrected chi connectivity index (χ0v) is 12.2. The molecule has 2 aromatic carbocycles. The first-order valence-corrected chi connectivity index (χ1v) is 7.33. The van der Waals surface area contributed by atoms with Crippen LogP contribution in [0.15, 0.2) is 42.5 Å². The number of rotatable bonds is 2. The molecule has 19 heavy (non-hydrogen) atoms. The molecule has 0 radical (unpaired) electrons. The number of hydrogen-bond acceptors (Lipinski definition) is 1. The summed E-state index contributed by atoms with van der Waals surface area (Å²) in [5.41, 5.74) is 4.79. The van der Waals surface area contributed by atoms with Gasteiger partial charge >= 0.3 is 0 Å². The maximum absolute atomic E-state index is 6.27. The Morgan fingerprint density at radius 1 is 1.21 bits per heavy atom. The first kappa shape index (κ1) is 12.8. The monoisotopic (exact) mass is 291 g/mol. The highest BCUT2D eigenvalue weighted by atomic mass is 35.5. The van der Waals surface area contributed by atoms with Crippen LogP contribution >= 0.6 is 23.2 Å². The Morgan fingerprint density at radius 2 is 2.00 bits per heavy atom. The van der Waals surface area contributed by atoms with Crippen LogP contribution in [0.25, 0.3) is 0 Å². The maximum Gasteiger partial charge on any atom is 0.0488 e. The van der Waals surface area contributed by atoms with E-state index in [9.17, 15) is 0 Å². The van der Waals surface area contributed by atoms with Gasteiger partial charge in [0.2, 0.25) is 0 Å². The number of halogens is 2. The highest BCUT2D eigenvalue weighted by molar-refractivity contribution is 6.32. The lowest BCUT2D eigenvalue weighted by atomic mass is 10.1. The summed E-state index contributed by atoms with van der Waals surface area (Å²) in [4.78, 5) is 2.35. The molecule has 0 spiro atoms. The molecule has 1 atom stereocenters. The summed E-state index contributed by atoms with van der Waals surface area (Å²) < 4.78 is 0. The largest absolute Gasteiger partial charge is 0.338 e. The fourth-order valence-electron chi connectivity index (χ4n) is 2.75. The summed E-state index contributed by atoms with van der Waals surface area (Å²) in [7, 11) is 0. The van der Waals surface area contributed by atoms with Gasteiger partial charge in [-0.2, -0.15) is 0 Å². The third-order valence-corrected chi connectivity index (χ3v) is 4.31. The summed E-state index contributed by atoms with van der Waals surface area (Å²) in [6, 6.07) is 15.1. The quantitative estimate of drug-likeness (QED) is 0.691. The van der Waals surface area contributed by atoms with E-state index in [0.29, 0.717) is 11.9 Å². The van der Waals surface area contributed by atoms with Crippen LogP contribution in [0, 0.1) is 0 Å². The highest BCUT2D eigenvalue weighted by Gasteiger charge is 2.26. The fourth-order valence-corrected chi connectivity index (χ4v) is 3.30. The molecule has 0 saturated heterocycles. The lowest BCUT2D eigenvalue weighted by molar-refractivity contribution is 0.759.